The monoisotopic (exact) mass is 315 g/mol. The molecule has 4 rings (SSSR count). The highest BCUT2D eigenvalue weighted by atomic mass is 19.1. The summed E-state index contributed by atoms with van der Waals surface area (Å²) in [4.78, 5) is 4.92. The lowest BCUT2D eigenvalue weighted by molar-refractivity contribution is 0.0938. The fourth-order valence-corrected chi connectivity index (χ4v) is 4.57. The Labute approximate surface area is 138 Å². The van der Waals surface area contributed by atoms with E-state index < -0.39 is 0 Å². The highest BCUT2D eigenvalue weighted by molar-refractivity contribution is 5.60. The first-order valence-corrected chi connectivity index (χ1v) is 8.74. The largest absolute Gasteiger partial charge is 0.384 e. The van der Waals surface area contributed by atoms with Crippen LogP contribution in [0.2, 0.25) is 0 Å². The second kappa shape index (κ2) is 5.52. The van der Waals surface area contributed by atoms with E-state index in [1.165, 1.54) is 17.7 Å². The van der Waals surface area contributed by atoms with Gasteiger partial charge in [-0.05, 0) is 56.1 Å². The molecule has 0 radical (unpaired) electrons. The Kier molecular flexibility index (Phi) is 3.60. The summed E-state index contributed by atoms with van der Waals surface area (Å²) in [6, 6.07) is 5.84. The summed E-state index contributed by atoms with van der Waals surface area (Å²) < 4.78 is 13.7. The van der Waals surface area contributed by atoms with Gasteiger partial charge in [-0.2, -0.15) is 0 Å². The number of fused-ring (bicyclic) bond motifs is 2. The van der Waals surface area contributed by atoms with Crippen LogP contribution in [0.25, 0.3) is 0 Å². The maximum Gasteiger partial charge on any atom is 0.123 e. The van der Waals surface area contributed by atoms with E-state index in [-0.39, 0.29) is 11.2 Å². The van der Waals surface area contributed by atoms with Gasteiger partial charge in [0.25, 0.3) is 0 Å². The SMILES string of the molecule is C=C1CC(N2CCC3(CC2)CNc2ccc(F)cc23)CCN1C. The molecule has 0 amide bonds. The normalized spacial score (nSPS) is 27.1. The van der Waals surface area contributed by atoms with E-state index in [4.69, 9.17) is 0 Å². The number of hydrogen-bond donors (Lipinski definition) is 1. The summed E-state index contributed by atoms with van der Waals surface area (Å²) in [7, 11) is 2.14. The standard InChI is InChI=1S/C19H26FN3/c1-14-11-16(5-8-22(14)2)23-9-6-19(7-10-23)13-21-18-4-3-15(20)12-17(18)19/h3-4,12,16,21H,1,5-11,13H2,2H3. The van der Waals surface area contributed by atoms with Crippen molar-refractivity contribution in [1.82, 2.24) is 9.80 Å². The molecule has 3 nitrogen and oxygen atoms in total. The molecular weight excluding hydrogens is 289 g/mol. The van der Waals surface area contributed by atoms with E-state index in [1.807, 2.05) is 6.07 Å². The predicted octanol–water partition coefficient (Wildman–Crippen LogP) is 3.19. The maximum atomic E-state index is 13.7. The van der Waals surface area contributed by atoms with Crippen molar-refractivity contribution in [3.63, 3.8) is 0 Å². The Balaban J connectivity index is 1.46. The summed E-state index contributed by atoms with van der Waals surface area (Å²) >= 11 is 0. The number of likely N-dealkylation sites (tertiary alicyclic amines) is 2. The molecule has 1 spiro atoms. The lowest BCUT2D eigenvalue weighted by atomic mass is 9.74. The number of piperidine rings is 2. The van der Waals surface area contributed by atoms with Gasteiger partial charge in [-0.3, -0.25) is 4.90 Å². The van der Waals surface area contributed by atoms with Crippen molar-refractivity contribution in [2.75, 3.05) is 38.5 Å². The van der Waals surface area contributed by atoms with Crippen LogP contribution in [0.4, 0.5) is 10.1 Å². The van der Waals surface area contributed by atoms with Crippen molar-refractivity contribution < 1.29 is 4.39 Å². The van der Waals surface area contributed by atoms with Crippen LogP contribution in [-0.4, -0.2) is 49.1 Å². The van der Waals surface area contributed by atoms with Gasteiger partial charge in [0.05, 0.1) is 0 Å². The minimum atomic E-state index is -0.110. The first-order chi connectivity index (χ1) is 11.1. The van der Waals surface area contributed by atoms with E-state index in [1.54, 1.807) is 12.1 Å². The third-order valence-corrected chi connectivity index (χ3v) is 6.25. The van der Waals surface area contributed by atoms with Crippen molar-refractivity contribution in [3.8, 4) is 0 Å². The quantitative estimate of drug-likeness (QED) is 0.858. The zero-order valence-corrected chi connectivity index (χ0v) is 13.9. The molecule has 0 bridgehead atoms. The molecule has 3 aliphatic rings. The molecule has 1 aromatic rings. The summed E-state index contributed by atoms with van der Waals surface area (Å²) in [6.45, 7) is 8.49. The number of nitrogens with one attached hydrogen (secondary N) is 1. The average Bonchev–Trinajstić information content (AvgIpc) is 2.89. The second-order valence-electron chi connectivity index (χ2n) is 7.49. The van der Waals surface area contributed by atoms with Gasteiger partial charge >= 0.3 is 0 Å². The van der Waals surface area contributed by atoms with Gasteiger partial charge in [-0.1, -0.05) is 6.58 Å². The Hall–Kier alpha value is -1.55. The number of rotatable bonds is 1. The maximum absolute atomic E-state index is 13.7. The van der Waals surface area contributed by atoms with Crippen molar-refractivity contribution in [2.45, 2.75) is 37.1 Å². The third-order valence-electron chi connectivity index (χ3n) is 6.25. The fraction of sp³-hybridized carbons (Fsp3) is 0.579. The molecular formula is C19H26FN3. The molecule has 23 heavy (non-hydrogen) atoms. The van der Waals surface area contributed by atoms with E-state index in [0.29, 0.717) is 6.04 Å². The van der Waals surface area contributed by atoms with Gasteiger partial charge in [-0.15, -0.1) is 0 Å². The fourth-order valence-electron chi connectivity index (χ4n) is 4.57. The van der Waals surface area contributed by atoms with Crippen molar-refractivity contribution in [1.29, 1.82) is 0 Å². The zero-order chi connectivity index (χ0) is 16.0. The minimum Gasteiger partial charge on any atom is -0.384 e. The molecule has 2 saturated heterocycles. The molecule has 0 aromatic heterocycles. The molecule has 4 heteroatoms. The Bertz CT molecular complexity index is 619. The van der Waals surface area contributed by atoms with Crippen LogP contribution in [0.5, 0.6) is 0 Å². The van der Waals surface area contributed by atoms with Crippen LogP contribution in [0, 0.1) is 5.82 Å². The summed E-state index contributed by atoms with van der Waals surface area (Å²) in [5.41, 5.74) is 3.73. The Morgan fingerprint density at radius 3 is 2.78 bits per heavy atom. The topological polar surface area (TPSA) is 18.5 Å². The van der Waals surface area contributed by atoms with E-state index in [9.17, 15) is 4.39 Å². The molecule has 2 fully saturated rings. The van der Waals surface area contributed by atoms with E-state index >= 15 is 0 Å². The smallest absolute Gasteiger partial charge is 0.123 e. The average molecular weight is 315 g/mol. The van der Waals surface area contributed by atoms with Gasteiger partial charge in [0.2, 0.25) is 0 Å². The molecule has 0 aliphatic carbocycles. The minimum absolute atomic E-state index is 0.110. The number of benzene rings is 1. The summed E-state index contributed by atoms with van der Waals surface area (Å²) in [5, 5.41) is 3.49. The number of anilines is 1. The van der Waals surface area contributed by atoms with Gasteiger partial charge in [0.15, 0.2) is 0 Å². The molecule has 0 saturated carbocycles. The van der Waals surface area contributed by atoms with Crippen LogP contribution in [-0.2, 0) is 5.41 Å². The van der Waals surface area contributed by atoms with Crippen LogP contribution in [0.3, 0.4) is 0 Å². The van der Waals surface area contributed by atoms with Crippen LogP contribution < -0.4 is 5.32 Å². The van der Waals surface area contributed by atoms with Crippen molar-refractivity contribution >= 4 is 5.69 Å². The van der Waals surface area contributed by atoms with Crippen LogP contribution >= 0.6 is 0 Å². The molecule has 3 heterocycles. The number of halogens is 1. The van der Waals surface area contributed by atoms with Crippen LogP contribution in [0.1, 0.15) is 31.2 Å². The highest BCUT2D eigenvalue weighted by Gasteiger charge is 2.42. The molecule has 1 atom stereocenters. The lowest BCUT2D eigenvalue weighted by Crippen LogP contribution is -2.50. The van der Waals surface area contributed by atoms with Crippen molar-refractivity contribution in [3.05, 3.63) is 41.9 Å². The Morgan fingerprint density at radius 1 is 1.26 bits per heavy atom. The number of nitrogens with zero attached hydrogens (tertiary/aromatic N) is 2. The second-order valence-corrected chi connectivity index (χ2v) is 7.49. The van der Waals surface area contributed by atoms with Crippen LogP contribution in [0.15, 0.2) is 30.5 Å². The Morgan fingerprint density at radius 2 is 2.04 bits per heavy atom. The van der Waals surface area contributed by atoms with Gasteiger partial charge in [0, 0.05) is 49.4 Å². The first-order valence-electron chi connectivity index (χ1n) is 8.74. The van der Waals surface area contributed by atoms with Gasteiger partial charge < -0.3 is 10.2 Å². The third kappa shape index (κ3) is 2.53. The molecule has 1 N–H and O–H groups in total. The molecule has 124 valence electrons. The molecule has 1 unspecified atom stereocenters. The van der Waals surface area contributed by atoms with E-state index in [0.717, 1.165) is 51.1 Å². The predicted molar refractivity (Wildman–Crippen MR) is 92.2 cm³/mol. The molecule has 3 aliphatic heterocycles. The first kappa shape index (κ1) is 15.0. The van der Waals surface area contributed by atoms with Gasteiger partial charge in [0.1, 0.15) is 5.82 Å². The lowest BCUT2D eigenvalue weighted by Gasteiger charge is -2.45. The van der Waals surface area contributed by atoms with Gasteiger partial charge in [-0.25, -0.2) is 4.39 Å². The summed E-state index contributed by atoms with van der Waals surface area (Å²) in [6.07, 6.45) is 4.56. The molecule has 1 aromatic carbocycles. The van der Waals surface area contributed by atoms with Crippen molar-refractivity contribution in [2.24, 2.45) is 0 Å². The van der Waals surface area contributed by atoms with E-state index in [2.05, 4.69) is 28.7 Å². The number of hydrogen-bond acceptors (Lipinski definition) is 3. The zero-order valence-electron chi connectivity index (χ0n) is 13.9. The highest BCUT2D eigenvalue weighted by Crippen LogP contribution is 2.44. The summed E-state index contributed by atoms with van der Waals surface area (Å²) in [5.74, 6) is -0.110.